The number of hydrogen-bond acceptors (Lipinski definition) is 10. The van der Waals surface area contributed by atoms with Crippen LogP contribution in [0.15, 0.2) is 97.4 Å². The number of carbonyl (C=O) groups is 1. The molecule has 11 aromatic heterocycles. The molecule has 0 aliphatic heterocycles. The molecular formula is C70H97Cl4IN14O2Si3. The summed E-state index contributed by atoms with van der Waals surface area (Å²) in [6.07, 6.45) is 18.0. The minimum absolute atomic E-state index is 0.00828. The molecule has 0 saturated heterocycles. The summed E-state index contributed by atoms with van der Waals surface area (Å²) < 4.78 is 8.49. The molecule has 11 heterocycles. The quantitative estimate of drug-likeness (QED) is 0.0165. The van der Waals surface area contributed by atoms with Crippen LogP contribution in [-0.4, -0.2) is 99.1 Å². The van der Waals surface area contributed by atoms with Gasteiger partial charge in [0, 0.05) is 95.5 Å². The summed E-state index contributed by atoms with van der Waals surface area (Å²) in [6.45, 7) is 49.4. The Hall–Kier alpha value is -5.44. The van der Waals surface area contributed by atoms with E-state index in [-0.39, 0.29) is 5.78 Å². The Balaban J connectivity index is 0.000000169. The monoisotopic (exact) mass is 1520 g/mol. The van der Waals surface area contributed by atoms with Gasteiger partial charge in [0.25, 0.3) is 0 Å². The second-order valence-electron chi connectivity index (χ2n) is 27.5. The number of aliphatic hydroxyl groups is 1. The molecule has 1 unspecified atom stereocenters. The standard InChI is InChI=1S/C18H29ClN2OSi.C18H27ClN2OSi.C16H24ClIN2Si.C9H9ClN4.C9H8N4/c2*1-11(2)23(12(3)4,13(5)6)21-9-8-15-17(14(7)22)16(19)10-20-18(15)21;1-10(2)21(11(3)4,12(5)6)20-8-7-13-15(18)14(17)9-19-16(13)20;1-5(14-11)8-6-2-3-12-9(6)13-4-7(8)10;1-5-8-6-2-3-10-9(6)11-4-7(8)13-12-5/h8-14,22H,1-7H3;8-13H,1-7H3;7-12H,1-6H3;2-4H,11H2,1H3,(H,12,13);2-4,12-13H,1H3/b;;;14-5+;. The third kappa shape index (κ3) is 13.9. The van der Waals surface area contributed by atoms with E-state index in [2.05, 4.69) is 241 Å². The van der Waals surface area contributed by atoms with Gasteiger partial charge in [-0.2, -0.15) is 5.10 Å². The predicted molar refractivity (Wildman–Crippen MR) is 415 cm³/mol. The summed E-state index contributed by atoms with van der Waals surface area (Å²) in [4.78, 5) is 41.5. The highest BCUT2D eigenvalue weighted by atomic mass is 127. The van der Waals surface area contributed by atoms with Crippen LogP contribution >= 0.6 is 69.0 Å². The van der Waals surface area contributed by atoms with E-state index in [9.17, 15) is 9.90 Å². The zero-order valence-electron chi connectivity index (χ0n) is 58.7. The Bertz CT molecular complexity index is 4390. The minimum atomic E-state index is -1.89. The van der Waals surface area contributed by atoms with Crippen molar-refractivity contribution < 1.29 is 9.90 Å². The van der Waals surface area contributed by atoms with Gasteiger partial charge in [-0.1, -0.05) is 171 Å². The first-order chi connectivity index (χ1) is 44.1. The molecule has 1 atom stereocenters. The summed E-state index contributed by atoms with van der Waals surface area (Å²) in [6, 6.07) is 10.2. The maximum Gasteiger partial charge on any atom is 0.171 e. The van der Waals surface area contributed by atoms with Gasteiger partial charge in [0.15, 0.2) is 36.1 Å². The number of carbonyl (C=O) groups excluding carboxylic acids is 1. The third-order valence-electron chi connectivity index (χ3n) is 19.7. The summed E-state index contributed by atoms with van der Waals surface area (Å²) in [5.41, 5.74) is 15.1. The van der Waals surface area contributed by atoms with Crippen LogP contribution in [0.4, 0.5) is 0 Å². The number of fused-ring (bicyclic) bond motifs is 7. The van der Waals surface area contributed by atoms with Crippen molar-refractivity contribution in [1.82, 2.24) is 57.8 Å². The molecule has 0 bridgehead atoms. The Morgan fingerprint density at radius 3 is 1.41 bits per heavy atom. The van der Waals surface area contributed by atoms with E-state index in [1.165, 1.54) is 10.8 Å². The van der Waals surface area contributed by atoms with Crippen LogP contribution in [0.3, 0.4) is 0 Å². The number of Topliss-reactive ketones (excluding diaryl/α,β-unsaturated/α-hetero) is 1. The lowest BCUT2D eigenvalue weighted by molar-refractivity contribution is 0.101. The predicted octanol–water partition coefficient (Wildman–Crippen LogP) is 21.6. The van der Waals surface area contributed by atoms with Crippen LogP contribution in [0.2, 0.25) is 70.0 Å². The van der Waals surface area contributed by atoms with Crippen molar-refractivity contribution in [3.63, 3.8) is 0 Å². The molecule has 16 nitrogen and oxygen atoms in total. The van der Waals surface area contributed by atoms with E-state index in [1.807, 2.05) is 32.0 Å². The molecule has 506 valence electrons. The first kappa shape index (κ1) is 75.9. The molecule has 0 aliphatic rings. The van der Waals surface area contributed by atoms with E-state index < -0.39 is 30.8 Å². The number of rotatable bonds is 15. The molecule has 11 rings (SSSR count). The van der Waals surface area contributed by atoms with Gasteiger partial charge in [-0.15, -0.1) is 0 Å². The number of halogens is 5. The van der Waals surface area contributed by atoms with E-state index in [1.54, 1.807) is 57.2 Å². The average molecular weight is 1520 g/mol. The van der Waals surface area contributed by atoms with Crippen LogP contribution < -0.4 is 5.84 Å². The molecule has 11 aromatic rings. The van der Waals surface area contributed by atoms with Crippen molar-refractivity contribution in [2.24, 2.45) is 10.9 Å². The fourth-order valence-electron chi connectivity index (χ4n) is 16.5. The highest BCUT2D eigenvalue weighted by Crippen LogP contribution is 2.48. The Morgan fingerprint density at radius 2 is 0.947 bits per heavy atom. The molecule has 0 amide bonds. The summed E-state index contributed by atoms with van der Waals surface area (Å²) in [7, 11) is -5.50. The van der Waals surface area contributed by atoms with E-state index in [0.717, 1.165) is 80.7 Å². The number of aromatic amines is 3. The zero-order chi connectivity index (χ0) is 70.0. The van der Waals surface area contributed by atoms with Gasteiger partial charge in [0.2, 0.25) is 0 Å². The van der Waals surface area contributed by atoms with Gasteiger partial charge in [0.1, 0.15) is 22.6 Å². The first-order valence-electron chi connectivity index (χ1n) is 32.6. The lowest BCUT2D eigenvalue weighted by atomic mass is 10.1. The van der Waals surface area contributed by atoms with Gasteiger partial charge in [-0.05, 0) is 149 Å². The van der Waals surface area contributed by atoms with E-state index in [4.69, 9.17) is 52.2 Å². The zero-order valence-corrected chi connectivity index (χ0v) is 66.9. The molecule has 0 aliphatic carbocycles. The average Bonchev–Trinajstić information content (AvgIpc) is 1.52. The largest absolute Gasteiger partial charge is 0.389 e. The number of pyridine rings is 5. The number of nitrogens with one attached hydrogen (secondary N) is 3. The van der Waals surface area contributed by atoms with Crippen LogP contribution in [-0.2, 0) is 0 Å². The smallest absolute Gasteiger partial charge is 0.171 e. The van der Waals surface area contributed by atoms with Crippen molar-refractivity contribution in [3.8, 4) is 0 Å². The van der Waals surface area contributed by atoms with Gasteiger partial charge in [-0.25, -0.2) is 29.9 Å². The van der Waals surface area contributed by atoms with Gasteiger partial charge >= 0.3 is 0 Å². The third-order valence-corrected chi connectivity index (χ3v) is 42.6. The summed E-state index contributed by atoms with van der Waals surface area (Å²) in [5, 5.41) is 28.4. The number of H-pyrrole nitrogens is 3. The Labute approximate surface area is 591 Å². The molecule has 0 radical (unpaired) electrons. The number of nitrogens with zero attached hydrogens (tertiary/aromatic N) is 10. The number of nitrogens with two attached hydrogens (primary N) is 1. The topological polar surface area (TPSA) is 215 Å². The molecule has 94 heavy (non-hydrogen) atoms. The van der Waals surface area contributed by atoms with Crippen LogP contribution in [0.25, 0.3) is 66.1 Å². The Morgan fingerprint density at radius 1 is 0.521 bits per heavy atom. The molecule has 6 N–H and O–H groups in total. The number of hydrogen-bond donors (Lipinski definition) is 5. The minimum Gasteiger partial charge on any atom is -0.389 e. The highest BCUT2D eigenvalue weighted by Gasteiger charge is 2.48. The summed E-state index contributed by atoms with van der Waals surface area (Å²) >= 11 is 27.1. The number of aliphatic hydroxyl groups excluding tert-OH is 1. The Kier molecular flexibility index (Phi) is 25.0. The van der Waals surface area contributed by atoms with Crippen molar-refractivity contribution in [1.29, 1.82) is 0 Å². The van der Waals surface area contributed by atoms with Crippen molar-refractivity contribution in [2.75, 3.05) is 0 Å². The molecular weight excluding hydrogens is 1420 g/mol. The van der Waals surface area contributed by atoms with Gasteiger partial charge in [0.05, 0.1) is 43.6 Å². The SMILES string of the molecule is C/C(=N\N)c1c(Cl)cnc2[nH]ccc12.CC(=O)c1c(Cl)cnc2c1ccn2[Si](C(C)C)(C(C)C)C(C)C.CC(C)[Si](C(C)C)(C(C)C)n1ccc2c(I)c(Cl)cnc21.CC(O)c1c(Cl)cnc2c1ccn2[Si](C(C)C)(C(C)C)C(C)C.Cc1[nH][nH]c2cnc3nccc3c12. The molecule has 0 spiro atoms. The second kappa shape index (κ2) is 31.0. The van der Waals surface area contributed by atoms with Crippen molar-refractivity contribution in [2.45, 2.75) is 208 Å². The second-order valence-corrected chi connectivity index (χ2v) is 47.4. The molecule has 24 heteroatoms. The maximum atomic E-state index is 12.0. The van der Waals surface area contributed by atoms with E-state index in [0.29, 0.717) is 76.2 Å². The fraction of sp³-hybridized carbons (Fsp3) is 0.457. The normalized spacial score (nSPS) is 13.0. The number of aromatic nitrogens is 12. The molecule has 0 aromatic carbocycles. The fourth-order valence-corrected chi connectivity index (χ4v) is 37.7. The van der Waals surface area contributed by atoms with Crippen LogP contribution in [0.5, 0.6) is 0 Å². The molecule has 0 saturated carbocycles. The highest BCUT2D eigenvalue weighted by molar-refractivity contribution is 14.1. The number of hydrazone groups is 1. The first-order valence-corrected chi connectivity index (χ1v) is 41.7. The van der Waals surface area contributed by atoms with E-state index >= 15 is 0 Å². The lowest BCUT2D eigenvalue weighted by Gasteiger charge is -2.44. The van der Waals surface area contributed by atoms with Crippen LogP contribution in [0.1, 0.15) is 179 Å². The maximum absolute atomic E-state index is 12.0. The van der Waals surface area contributed by atoms with Crippen LogP contribution in [0, 0.1) is 10.5 Å². The van der Waals surface area contributed by atoms with Gasteiger partial charge < -0.3 is 33.7 Å². The molecule has 0 fully saturated rings. The number of ketones is 1. The summed E-state index contributed by atoms with van der Waals surface area (Å²) in [5.74, 6) is 5.22. The van der Waals surface area contributed by atoms with Crippen molar-refractivity contribution >= 4 is 171 Å². The van der Waals surface area contributed by atoms with Crippen molar-refractivity contribution in [3.05, 3.63) is 138 Å². The lowest BCUT2D eigenvalue weighted by Crippen LogP contribution is -2.51. The van der Waals surface area contributed by atoms with Gasteiger partial charge in [-0.3, -0.25) is 9.89 Å². The number of aryl methyl sites for hydroxylation is 1.